The first-order valence-corrected chi connectivity index (χ1v) is 11.9. The van der Waals surface area contributed by atoms with Crippen LogP contribution in [-0.4, -0.2) is 34.3 Å². The van der Waals surface area contributed by atoms with Crippen LogP contribution in [-0.2, 0) is 13.0 Å². The summed E-state index contributed by atoms with van der Waals surface area (Å²) in [5, 5.41) is 9.03. The number of nitrogens with one attached hydrogen (secondary N) is 1. The van der Waals surface area contributed by atoms with Crippen molar-refractivity contribution in [1.82, 2.24) is 14.7 Å². The molecule has 3 heterocycles. The maximum absolute atomic E-state index is 5.30. The molecule has 0 spiro atoms. The average Bonchev–Trinajstić information content (AvgIpc) is 2.97. The Hall–Kier alpha value is -2.59. The minimum atomic E-state index is 0.512. The third kappa shape index (κ3) is 4.14. The molecule has 0 saturated carbocycles. The molecule has 1 aromatic heterocycles. The van der Waals surface area contributed by atoms with Gasteiger partial charge in [-0.15, -0.1) is 0 Å². The standard InChI is InChI=1S/C27H34N4/c1-20-10-8-15-25(21(20)2)31-27-24(14-6-7-16-28-27)26(29-31)23-13-9-17-30(19-23)18-22-11-4-3-5-12-22/h3-5,8,10-12,15,23,28H,6-7,9,13-14,16-19H2,1-2H3. The van der Waals surface area contributed by atoms with Gasteiger partial charge in [0.1, 0.15) is 5.82 Å². The number of fused-ring (bicyclic) bond motifs is 1. The van der Waals surface area contributed by atoms with E-state index in [4.69, 9.17) is 5.10 Å². The highest BCUT2D eigenvalue weighted by atomic mass is 15.3. The van der Waals surface area contributed by atoms with Crippen molar-refractivity contribution in [2.45, 2.75) is 58.4 Å². The van der Waals surface area contributed by atoms with Crippen LogP contribution in [0.15, 0.2) is 48.5 Å². The number of benzene rings is 2. The molecule has 0 amide bonds. The van der Waals surface area contributed by atoms with Crippen LogP contribution in [0.2, 0.25) is 0 Å². The maximum Gasteiger partial charge on any atom is 0.133 e. The highest BCUT2D eigenvalue weighted by Crippen LogP contribution is 2.36. The lowest BCUT2D eigenvalue weighted by Crippen LogP contribution is -2.34. The Morgan fingerprint density at radius 1 is 1.00 bits per heavy atom. The van der Waals surface area contributed by atoms with Gasteiger partial charge in [0.2, 0.25) is 0 Å². The fraction of sp³-hybridized carbons (Fsp3) is 0.444. The molecule has 4 nitrogen and oxygen atoms in total. The SMILES string of the molecule is Cc1cccc(-n2nc(C3CCCN(Cc4ccccc4)C3)c3c2NCCCC3)c1C. The number of hydrogen-bond acceptors (Lipinski definition) is 3. The zero-order valence-corrected chi connectivity index (χ0v) is 18.9. The second-order valence-electron chi connectivity index (χ2n) is 9.29. The zero-order chi connectivity index (χ0) is 21.2. The van der Waals surface area contributed by atoms with Crippen LogP contribution in [0.3, 0.4) is 0 Å². The van der Waals surface area contributed by atoms with Gasteiger partial charge in [-0.1, -0.05) is 42.5 Å². The van der Waals surface area contributed by atoms with E-state index in [0.29, 0.717) is 5.92 Å². The number of aryl methyl sites for hydroxylation is 1. The molecule has 162 valence electrons. The van der Waals surface area contributed by atoms with Gasteiger partial charge < -0.3 is 5.32 Å². The number of nitrogens with zero attached hydrogens (tertiary/aromatic N) is 3. The summed E-state index contributed by atoms with van der Waals surface area (Å²) in [6, 6.07) is 17.5. The Morgan fingerprint density at radius 2 is 1.87 bits per heavy atom. The molecule has 1 atom stereocenters. The van der Waals surface area contributed by atoms with Crippen molar-refractivity contribution >= 4 is 5.82 Å². The largest absolute Gasteiger partial charge is 0.370 e. The van der Waals surface area contributed by atoms with E-state index in [1.165, 1.54) is 71.7 Å². The molecule has 31 heavy (non-hydrogen) atoms. The summed E-state index contributed by atoms with van der Waals surface area (Å²) < 4.78 is 2.22. The Morgan fingerprint density at radius 3 is 2.74 bits per heavy atom. The fourth-order valence-electron chi connectivity index (χ4n) is 5.26. The molecule has 0 radical (unpaired) electrons. The number of aromatic nitrogens is 2. The topological polar surface area (TPSA) is 33.1 Å². The molecule has 0 aliphatic carbocycles. The van der Waals surface area contributed by atoms with Gasteiger partial charge >= 0.3 is 0 Å². The van der Waals surface area contributed by atoms with Crippen LogP contribution in [0.4, 0.5) is 5.82 Å². The smallest absolute Gasteiger partial charge is 0.133 e. The van der Waals surface area contributed by atoms with Crippen LogP contribution in [0, 0.1) is 13.8 Å². The van der Waals surface area contributed by atoms with Crippen LogP contribution < -0.4 is 5.32 Å². The highest BCUT2D eigenvalue weighted by Gasteiger charge is 2.29. The third-order valence-corrected chi connectivity index (χ3v) is 7.11. The molecule has 2 aliphatic heterocycles. The Bertz CT molecular complexity index is 1040. The third-order valence-electron chi connectivity index (χ3n) is 7.11. The molecule has 5 rings (SSSR count). The van der Waals surface area contributed by atoms with Gasteiger partial charge in [0.15, 0.2) is 0 Å². The van der Waals surface area contributed by atoms with Gasteiger partial charge in [-0.2, -0.15) is 5.10 Å². The molecular formula is C27H34N4. The van der Waals surface area contributed by atoms with Crippen LogP contribution in [0.25, 0.3) is 5.69 Å². The van der Waals surface area contributed by atoms with E-state index < -0.39 is 0 Å². The van der Waals surface area contributed by atoms with Crippen molar-refractivity contribution in [3.63, 3.8) is 0 Å². The van der Waals surface area contributed by atoms with Crippen molar-refractivity contribution in [2.24, 2.45) is 0 Å². The summed E-state index contributed by atoms with van der Waals surface area (Å²) in [4.78, 5) is 2.62. The van der Waals surface area contributed by atoms with Gasteiger partial charge in [0.25, 0.3) is 0 Å². The lowest BCUT2D eigenvalue weighted by Gasteiger charge is -2.32. The minimum absolute atomic E-state index is 0.512. The lowest BCUT2D eigenvalue weighted by molar-refractivity contribution is 0.198. The van der Waals surface area contributed by atoms with Gasteiger partial charge in [0.05, 0.1) is 11.4 Å². The maximum atomic E-state index is 5.30. The van der Waals surface area contributed by atoms with Crippen LogP contribution >= 0.6 is 0 Å². The molecule has 2 aliphatic rings. The quantitative estimate of drug-likeness (QED) is 0.602. The molecule has 4 heteroatoms. The first-order valence-electron chi connectivity index (χ1n) is 11.9. The van der Waals surface area contributed by atoms with Crippen molar-refractivity contribution in [3.8, 4) is 5.69 Å². The van der Waals surface area contributed by atoms with Gasteiger partial charge in [-0.05, 0) is 75.3 Å². The monoisotopic (exact) mass is 414 g/mol. The van der Waals surface area contributed by atoms with Crippen molar-refractivity contribution in [1.29, 1.82) is 0 Å². The number of piperidine rings is 1. The van der Waals surface area contributed by atoms with E-state index in [9.17, 15) is 0 Å². The van der Waals surface area contributed by atoms with Gasteiger partial charge in [-0.3, -0.25) is 4.90 Å². The number of rotatable bonds is 4. The molecule has 1 N–H and O–H groups in total. The van der Waals surface area contributed by atoms with Gasteiger partial charge in [0, 0.05) is 31.1 Å². The van der Waals surface area contributed by atoms with Crippen molar-refractivity contribution in [2.75, 3.05) is 25.0 Å². The second-order valence-corrected chi connectivity index (χ2v) is 9.29. The average molecular weight is 415 g/mol. The molecule has 1 fully saturated rings. The lowest BCUT2D eigenvalue weighted by atomic mass is 9.91. The fourth-order valence-corrected chi connectivity index (χ4v) is 5.26. The van der Waals surface area contributed by atoms with Crippen molar-refractivity contribution in [3.05, 3.63) is 76.5 Å². The van der Waals surface area contributed by atoms with E-state index in [2.05, 4.69) is 77.3 Å². The molecule has 2 aromatic carbocycles. The summed E-state index contributed by atoms with van der Waals surface area (Å²) >= 11 is 0. The Balaban J connectivity index is 1.48. The molecule has 1 saturated heterocycles. The minimum Gasteiger partial charge on any atom is -0.370 e. The van der Waals surface area contributed by atoms with E-state index in [1.807, 2.05) is 0 Å². The van der Waals surface area contributed by atoms with E-state index >= 15 is 0 Å². The predicted molar refractivity (Wildman–Crippen MR) is 128 cm³/mol. The van der Waals surface area contributed by atoms with E-state index in [-0.39, 0.29) is 0 Å². The first kappa shape index (κ1) is 20.3. The Kier molecular flexibility index (Phi) is 5.82. The molecule has 0 bridgehead atoms. The van der Waals surface area contributed by atoms with Gasteiger partial charge in [-0.25, -0.2) is 4.68 Å². The normalized spacial score (nSPS) is 19.5. The summed E-state index contributed by atoms with van der Waals surface area (Å²) in [6.07, 6.45) is 6.09. The summed E-state index contributed by atoms with van der Waals surface area (Å²) in [5.74, 6) is 1.75. The molecule has 1 unspecified atom stereocenters. The van der Waals surface area contributed by atoms with E-state index in [1.54, 1.807) is 0 Å². The zero-order valence-electron chi connectivity index (χ0n) is 18.9. The molecular weight excluding hydrogens is 380 g/mol. The molecule has 3 aromatic rings. The summed E-state index contributed by atoms with van der Waals surface area (Å²) in [5.41, 5.74) is 8.06. The first-order chi connectivity index (χ1) is 15.2. The van der Waals surface area contributed by atoms with Crippen LogP contribution in [0.1, 0.15) is 59.5 Å². The number of anilines is 1. The summed E-state index contributed by atoms with van der Waals surface area (Å²) in [6.45, 7) is 8.77. The van der Waals surface area contributed by atoms with Crippen molar-refractivity contribution < 1.29 is 0 Å². The van der Waals surface area contributed by atoms with Crippen LogP contribution in [0.5, 0.6) is 0 Å². The predicted octanol–water partition coefficient (Wildman–Crippen LogP) is 5.62. The second kappa shape index (κ2) is 8.88. The number of hydrogen-bond donors (Lipinski definition) is 1. The number of likely N-dealkylation sites (tertiary alicyclic amines) is 1. The Labute approximate surface area is 186 Å². The highest BCUT2D eigenvalue weighted by molar-refractivity contribution is 5.57. The van der Waals surface area contributed by atoms with E-state index in [0.717, 1.165) is 26.1 Å². The summed E-state index contributed by atoms with van der Waals surface area (Å²) in [7, 11) is 0.